The van der Waals surface area contributed by atoms with Crippen molar-refractivity contribution in [1.82, 2.24) is 20.5 Å². The molecule has 2 N–H and O–H groups in total. The normalized spacial score (nSPS) is 12.7. The molecule has 1 aromatic heterocycles. The Kier molecular flexibility index (Phi) is 9.05. The summed E-state index contributed by atoms with van der Waals surface area (Å²) in [6.45, 7) is 8.53. The van der Waals surface area contributed by atoms with Gasteiger partial charge in [0.1, 0.15) is 0 Å². The zero-order valence-corrected chi connectivity index (χ0v) is 15.2. The van der Waals surface area contributed by atoms with Crippen molar-refractivity contribution in [3.05, 3.63) is 16.1 Å². The van der Waals surface area contributed by atoms with E-state index in [-0.39, 0.29) is 0 Å². The predicted octanol–water partition coefficient (Wildman–Crippen LogP) is 2.60. The van der Waals surface area contributed by atoms with Crippen LogP contribution in [0, 0.1) is 0 Å². The van der Waals surface area contributed by atoms with E-state index in [0.29, 0.717) is 23.9 Å². The lowest BCUT2D eigenvalue weighted by molar-refractivity contribution is -0.140. The second-order valence-electron chi connectivity index (χ2n) is 5.23. The number of nitrogens with one attached hydrogen (secondary N) is 2. The summed E-state index contributed by atoms with van der Waals surface area (Å²) in [6, 6.07) is 0. The monoisotopic (exact) mass is 365 g/mol. The van der Waals surface area contributed by atoms with E-state index in [1.165, 1.54) is 0 Å². The van der Waals surface area contributed by atoms with E-state index < -0.39 is 11.9 Å². The van der Waals surface area contributed by atoms with Gasteiger partial charge < -0.3 is 15.5 Å². The van der Waals surface area contributed by atoms with E-state index in [1.54, 1.807) is 7.05 Å². The minimum absolute atomic E-state index is 0.429. The molecule has 1 heterocycles. The summed E-state index contributed by atoms with van der Waals surface area (Å²) in [5, 5.41) is 7.82. The Hall–Kier alpha value is -1.35. The number of hydrogen-bond acceptors (Lipinski definition) is 4. The molecule has 0 atom stereocenters. The van der Waals surface area contributed by atoms with Crippen LogP contribution in [-0.4, -0.2) is 55.6 Å². The van der Waals surface area contributed by atoms with E-state index in [4.69, 9.17) is 0 Å². The Labute approximate surface area is 145 Å². The molecule has 0 unspecified atom stereocenters. The van der Waals surface area contributed by atoms with Crippen LogP contribution in [0.15, 0.2) is 10.4 Å². The number of nitrogens with zero attached hydrogens (tertiary/aromatic N) is 3. The maximum atomic E-state index is 12.5. The molecule has 0 bridgehead atoms. The molecule has 0 radical (unpaired) electrons. The zero-order chi connectivity index (χ0) is 18.0. The summed E-state index contributed by atoms with van der Waals surface area (Å²) in [6.07, 6.45) is -2.82. The van der Waals surface area contributed by atoms with Crippen LogP contribution in [0.3, 0.4) is 0 Å². The van der Waals surface area contributed by atoms with Crippen LogP contribution in [0.1, 0.15) is 31.0 Å². The van der Waals surface area contributed by atoms with Gasteiger partial charge in [-0.3, -0.25) is 4.99 Å². The van der Waals surface area contributed by atoms with E-state index in [0.717, 1.165) is 49.3 Å². The molecule has 0 aliphatic carbocycles. The van der Waals surface area contributed by atoms with Crippen molar-refractivity contribution in [2.75, 3.05) is 39.8 Å². The van der Waals surface area contributed by atoms with Gasteiger partial charge in [-0.05, 0) is 19.5 Å². The number of aliphatic imine (C=N–C) groups is 1. The maximum absolute atomic E-state index is 12.5. The van der Waals surface area contributed by atoms with Crippen molar-refractivity contribution in [3.8, 4) is 0 Å². The van der Waals surface area contributed by atoms with E-state index >= 15 is 0 Å². The summed E-state index contributed by atoms with van der Waals surface area (Å²) >= 11 is 1.03. The molecule has 1 aromatic rings. The van der Waals surface area contributed by atoms with Crippen LogP contribution >= 0.6 is 11.3 Å². The maximum Gasteiger partial charge on any atom is 0.434 e. The highest BCUT2D eigenvalue weighted by atomic mass is 32.1. The number of guanidine groups is 1. The molecule has 0 saturated heterocycles. The fourth-order valence-electron chi connectivity index (χ4n) is 2.14. The quantitative estimate of drug-likeness (QED) is 0.522. The van der Waals surface area contributed by atoms with Gasteiger partial charge in [0.15, 0.2) is 11.7 Å². The summed E-state index contributed by atoms with van der Waals surface area (Å²) in [4.78, 5) is 10.1. The van der Waals surface area contributed by atoms with Crippen molar-refractivity contribution in [1.29, 1.82) is 0 Å². The van der Waals surface area contributed by atoms with Gasteiger partial charge in [-0.1, -0.05) is 13.8 Å². The lowest BCUT2D eigenvalue weighted by atomic mass is 10.4. The highest BCUT2D eigenvalue weighted by Gasteiger charge is 2.33. The van der Waals surface area contributed by atoms with E-state index in [1.807, 2.05) is 0 Å². The lowest BCUT2D eigenvalue weighted by Gasteiger charge is -2.20. The number of halogens is 3. The van der Waals surface area contributed by atoms with E-state index in [9.17, 15) is 13.2 Å². The molecule has 9 heteroatoms. The number of likely N-dealkylation sites (N-methyl/N-ethyl adjacent to an activating group) is 1. The Morgan fingerprint density at radius 1 is 1.25 bits per heavy atom. The molecular formula is C15H26F3N5S. The van der Waals surface area contributed by atoms with Gasteiger partial charge in [0.2, 0.25) is 0 Å². The molecule has 0 fully saturated rings. The second-order valence-corrected chi connectivity index (χ2v) is 6.18. The third-order valence-corrected chi connectivity index (χ3v) is 4.31. The Morgan fingerprint density at radius 3 is 2.50 bits per heavy atom. The minimum atomic E-state index is -4.37. The van der Waals surface area contributed by atoms with Crippen LogP contribution in [0.4, 0.5) is 13.2 Å². The first-order chi connectivity index (χ1) is 11.4. The molecule has 24 heavy (non-hydrogen) atoms. The van der Waals surface area contributed by atoms with Crippen molar-refractivity contribution >= 4 is 17.3 Å². The average Bonchev–Trinajstić information content (AvgIpc) is 3.01. The molecule has 5 nitrogen and oxygen atoms in total. The first-order valence-corrected chi connectivity index (χ1v) is 8.97. The van der Waals surface area contributed by atoms with Crippen LogP contribution < -0.4 is 10.6 Å². The third-order valence-electron chi connectivity index (χ3n) is 3.40. The molecule has 0 saturated carbocycles. The van der Waals surface area contributed by atoms with Crippen molar-refractivity contribution in [3.63, 3.8) is 0 Å². The highest BCUT2D eigenvalue weighted by Crippen LogP contribution is 2.29. The van der Waals surface area contributed by atoms with E-state index in [2.05, 4.69) is 39.4 Å². The average molecular weight is 365 g/mol. The zero-order valence-electron chi connectivity index (χ0n) is 14.4. The van der Waals surface area contributed by atoms with Crippen LogP contribution in [0.5, 0.6) is 0 Å². The third kappa shape index (κ3) is 7.48. The molecule has 0 amide bonds. The topological polar surface area (TPSA) is 52.5 Å². The van der Waals surface area contributed by atoms with Gasteiger partial charge in [0.05, 0.1) is 5.01 Å². The van der Waals surface area contributed by atoms with Crippen LogP contribution in [-0.2, 0) is 12.6 Å². The molecule has 1 rings (SSSR count). The number of hydrogen-bond donors (Lipinski definition) is 2. The molecule has 0 aliphatic rings. The fraction of sp³-hybridized carbons (Fsp3) is 0.733. The van der Waals surface area contributed by atoms with Crippen molar-refractivity contribution < 1.29 is 13.2 Å². The van der Waals surface area contributed by atoms with Gasteiger partial charge in [-0.15, -0.1) is 11.3 Å². The summed E-state index contributed by atoms with van der Waals surface area (Å²) in [5.41, 5.74) is -0.819. The SMILES string of the molecule is CCCN(CC)CCNC(=NC)NCCc1nc(C(F)(F)F)cs1. The van der Waals surface area contributed by atoms with Crippen molar-refractivity contribution in [2.45, 2.75) is 32.9 Å². The Bertz CT molecular complexity index is 502. The van der Waals surface area contributed by atoms with Crippen LogP contribution in [0.25, 0.3) is 0 Å². The first-order valence-electron chi connectivity index (χ1n) is 8.09. The largest absolute Gasteiger partial charge is 0.434 e. The summed E-state index contributed by atoms with van der Waals surface area (Å²) in [7, 11) is 1.67. The highest BCUT2D eigenvalue weighted by molar-refractivity contribution is 7.09. The number of thiazole rings is 1. The first kappa shape index (κ1) is 20.7. The predicted molar refractivity (Wildman–Crippen MR) is 92.6 cm³/mol. The summed E-state index contributed by atoms with van der Waals surface area (Å²) < 4.78 is 37.5. The smallest absolute Gasteiger partial charge is 0.356 e. The molecule has 138 valence electrons. The fourth-order valence-corrected chi connectivity index (χ4v) is 2.95. The van der Waals surface area contributed by atoms with Gasteiger partial charge >= 0.3 is 6.18 Å². The van der Waals surface area contributed by atoms with Gasteiger partial charge in [-0.25, -0.2) is 4.98 Å². The Balaban J connectivity index is 2.30. The van der Waals surface area contributed by atoms with Crippen LogP contribution in [0.2, 0.25) is 0 Å². The molecule has 0 spiro atoms. The van der Waals surface area contributed by atoms with Crippen molar-refractivity contribution in [2.24, 2.45) is 4.99 Å². The number of alkyl halides is 3. The molecule has 0 aromatic carbocycles. The van der Waals surface area contributed by atoms with Gasteiger partial charge in [0.25, 0.3) is 0 Å². The number of aromatic nitrogens is 1. The minimum Gasteiger partial charge on any atom is -0.356 e. The van der Waals surface area contributed by atoms with Gasteiger partial charge in [-0.2, -0.15) is 13.2 Å². The number of rotatable bonds is 9. The second kappa shape index (κ2) is 10.5. The standard InChI is InChI=1S/C15H26F3N5S/c1-4-9-23(5-2)10-8-21-14(19-3)20-7-6-13-22-12(11-24-13)15(16,17)18/h11H,4-10H2,1-3H3,(H2,19,20,21). The Morgan fingerprint density at radius 2 is 1.96 bits per heavy atom. The molecule has 0 aliphatic heterocycles. The van der Waals surface area contributed by atoms with Gasteiger partial charge in [0, 0.05) is 38.5 Å². The summed E-state index contributed by atoms with van der Waals surface area (Å²) in [5.74, 6) is 0.648. The molecular weight excluding hydrogens is 339 g/mol. The lowest BCUT2D eigenvalue weighted by Crippen LogP contribution is -2.42.